The average Bonchev–Trinajstić information content (AvgIpc) is 2.68. The zero-order valence-electron chi connectivity index (χ0n) is 19.1. The van der Waals surface area contributed by atoms with Gasteiger partial charge in [-0.05, 0) is 67.7 Å². The van der Waals surface area contributed by atoms with Gasteiger partial charge in [0.15, 0.2) is 0 Å². The molecule has 30 heavy (non-hydrogen) atoms. The molecule has 2 rings (SSSR count). The highest BCUT2D eigenvalue weighted by molar-refractivity contribution is 7.89. The number of anilines is 1. The fraction of sp³-hybridized carbons (Fsp3) is 0.696. The van der Waals surface area contributed by atoms with E-state index in [2.05, 4.69) is 26.1 Å². The van der Waals surface area contributed by atoms with E-state index in [-0.39, 0.29) is 11.0 Å². The summed E-state index contributed by atoms with van der Waals surface area (Å²) < 4.78 is 33.0. The van der Waals surface area contributed by atoms with E-state index < -0.39 is 16.1 Å². The molecule has 1 aliphatic rings. The summed E-state index contributed by atoms with van der Waals surface area (Å²) in [6.07, 6.45) is 4.11. The van der Waals surface area contributed by atoms with Crippen LogP contribution in [0.25, 0.3) is 0 Å². The largest absolute Gasteiger partial charge is 0.446 e. The molecular weight excluding hydrogens is 400 g/mol. The number of hydrogen-bond donors (Lipinski definition) is 1. The number of nitrogens with zero attached hydrogens (tertiary/aromatic N) is 1. The molecule has 1 saturated carbocycles. The van der Waals surface area contributed by atoms with E-state index in [9.17, 15) is 13.2 Å². The van der Waals surface area contributed by atoms with Gasteiger partial charge < -0.3 is 4.74 Å². The van der Waals surface area contributed by atoms with Crippen molar-refractivity contribution < 1.29 is 17.9 Å². The lowest BCUT2D eigenvalue weighted by atomic mass is 9.75. The molecule has 7 heteroatoms. The number of hydrogen-bond acceptors (Lipinski definition) is 4. The van der Waals surface area contributed by atoms with Gasteiger partial charge in [-0.2, -0.15) is 4.31 Å². The van der Waals surface area contributed by atoms with Crippen LogP contribution in [0.15, 0.2) is 29.2 Å². The van der Waals surface area contributed by atoms with Gasteiger partial charge in [-0.3, -0.25) is 5.32 Å². The van der Waals surface area contributed by atoms with Crippen molar-refractivity contribution in [2.24, 2.45) is 17.8 Å². The lowest BCUT2D eigenvalue weighted by molar-refractivity contribution is 0.0126. The summed E-state index contributed by atoms with van der Waals surface area (Å²) in [6, 6.07) is 6.33. The maximum absolute atomic E-state index is 12.9. The first-order chi connectivity index (χ1) is 14.2. The number of carbonyl (C=O) groups is 1. The summed E-state index contributed by atoms with van der Waals surface area (Å²) in [7, 11) is -3.53. The molecule has 1 aromatic rings. The molecule has 3 unspecified atom stereocenters. The van der Waals surface area contributed by atoms with Gasteiger partial charge in [0.1, 0.15) is 6.10 Å². The third-order valence-corrected chi connectivity index (χ3v) is 7.82. The van der Waals surface area contributed by atoms with Crippen LogP contribution in [0.4, 0.5) is 10.5 Å². The van der Waals surface area contributed by atoms with Gasteiger partial charge in [-0.25, -0.2) is 13.2 Å². The second kappa shape index (κ2) is 11.1. The molecule has 6 nitrogen and oxygen atoms in total. The second-order valence-corrected chi connectivity index (χ2v) is 10.8. The highest BCUT2D eigenvalue weighted by atomic mass is 32.2. The molecule has 1 fully saturated rings. The number of sulfonamides is 1. The Bertz CT molecular complexity index is 771. The monoisotopic (exact) mass is 438 g/mol. The van der Waals surface area contributed by atoms with Crippen LogP contribution in [0.2, 0.25) is 0 Å². The molecule has 1 aromatic carbocycles. The van der Waals surface area contributed by atoms with Gasteiger partial charge in [0, 0.05) is 18.8 Å². The minimum atomic E-state index is -3.53. The van der Waals surface area contributed by atoms with Crippen LogP contribution >= 0.6 is 0 Å². The van der Waals surface area contributed by atoms with Crippen molar-refractivity contribution in [3.05, 3.63) is 24.3 Å². The predicted molar refractivity (Wildman–Crippen MR) is 121 cm³/mol. The minimum absolute atomic E-state index is 0.0787. The van der Waals surface area contributed by atoms with Gasteiger partial charge in [0.05, 0.1) is 4.90 Å². The van der Waals surface area contributed by atoms with Gasteiger partial charge in [-0.15, -0.1) is 0 Å². The highest BCUT2D eigenvalue weighted by Crippen LogP contribution is 2.35. The Balaban J connectivity index is 2.03. The third kappa shape index (κ3) is 6.45. The number of benzene rings is 1. The maximum atomic E-state index is 12.9. The van der Waals surface area contributed by atoms with Crippen LogP contribution in [0.3, 0.4) is 0 Å². The molecule has 1 amide bonds. The fourth-order valence-electron chi connectivity index (χ4n) is 4.25. The number of amides is 1. The Morgan fingerprint density at radius 2 is 1.73 bits per heavy atom. The normalized spacial score (nSPS) is 22.3. The first-order valence-electron chi connectivity index (χ1n) is 11.3. The van der Waals surface area contributed by atoms with E-state index in [1.165, 1.54) is 10.7 Å². The van der Waals surface area contributed by atoms with Crippen molar-refractivity contribution in [2.75, 3.05) is 18.4 Å². The summed E-state index contributed by atoms with van der Waals surface area (Å²) >= 11 is 0. The van der Waals surface area contributed by atoms with Gasteiger partial charge in [-0.1, -0.05) is 41.0 Å². The third-order valence-electron chi connectivity index (χ3n) is 5.90. The molecular formula is C23H38N2O4S. The van der Waals surface area contributed by atoms with Crippen molar-refractivity contribution in [3.63, 3.8) is 0 Å². The van der Waals surface area contributed by atoms with E-state index in [0.29, 0.717) is 36.5 Å². The Morgan fingerprint density at radius 1 is 1.13 bits per heavy atom. The average molecular weight is 439 g/mol. The molecule has 170 valence electrons. The lowest BCUT2D eigenvalue weighted by Crippen LogP contribution is -2.37. The number of nitrogens with one attached hydrogen (secondary N) is 1. The van der Waals surface area contributed by atoms with Gasteiger partial charge >= 0.3 is 6.09 Å². The van der Waals surface area contributed by atoms with E-state index in [1.54, 1.807) is 24.3 Å². The summed E-state index contributed by atoms with van der Waals surface area (Å²) in [6.45, 7) is 11.5. The summed E-state index contributed by atoms with van der Waals surface area (Å²) in [4.78, 5) is 12.7. The first-order valence-corrected chi connectivity index (χ1v) is 12.7. The molecule has 0 heterocycles. The smallest absolute Gasteiger partial charge is 0.411 e. The van der Waals surface area contributed by atoms with Crippen molar-refractivity contribution >= 4 is 21.8 Å². The molecule has 0 saturated heterocycles. The minimum Gasteiger partial charge on any atom is -0.446 e. The van der Waals surface area contributed by atoms with Crippen LogP contribution in [0.5, 0.6) is 0 Å². The van der Waals surface area contributed by atoms with E-state index in [0.717, 1.165) is 25.7 Å². The Labute approximate surface area is 182 Å². The second-order valence-electron chi connectivity index (χ2n) is 8.82. The standard InChI is InChI=1S/C23H38N2O4S/c1-6-14-25(15-7-2)30(27,28)20-11-9-19(10-12-20)24-23(26)29-22-16-18(5)8-13-21(22)17(3)4/h9-12,17-18,21-22H,6-8,13-16H2,1-5H3,(H,24,26). The van der Waals surface area contributed by atoms with Gasteiger partial charge in [0.25, 0.3) is 0 Å². The summed E-state index contributed by atoms with van der Waals surface area (Å²) in [5, 5.41) is 2.75. The molecule has 0 spiro atoms. The quantitative estimate of drug-likeness (QED) is 0.552. The molecule has 0 aromatic heterocycles. The molecule has 1 N–H and O–H groups in total. The van der Waals surface area contributed by atoms with Crippen LogP contribution in [0, 0.1) is 17.8 Å². The molecule has 0 bridgehead atoms. The van der Waals surface area contributed by atoms with Gasteiger partial charge in [0.2, 0.25) is 10.0 Å². The Hall–Kier alpha value is -1.60. The SMILES string of the molecule is CCCN(CCC)S(=O)(=O)c1ccc(NC(=O)OC2CC(C)CCC2C(C)C)cc1. The summed E-state index contributed by atoms with van der Waals surface area (Å²) in [5.74, 6) is 1.40. The summed E-state index contributed by atoms with van der Waals surface area (Å²) in [5.41, 5.74) is 0.529. The number of carbonyl (C=O) groups excluding carboxylic acids is 1. The van der Waals surface area contributed by atoms with E-state index in [1.807, 2.05) is 13.8 Å². The van der Waals surface area contributed by atoms with Crippen molar-refractivity contribution in [1.29, 1.82) is 0 Å². The zero-order valence-corrected chi connectivity index (χ0v) is 19.9. The van der Waals surface area contributed by atoms with Crippen LogP contribution in [-0.2, 0) is 14.8 Å². The lowest BCUT2D eigenvalue weighted by Gasteiger charge is -2.36. The molecule has 1 aliphatic carbocycles. The molecule has 0 radical (unpaired) electrons. The van der Waals surface area contributed by atoms with E-state index in [4.69, 9.17) is 4.74 Å². The van der Waals surface area contributed by atoms with Crippen LogP contribution in [-0.4, -0.2) is 38.0 Å². The van der Waals surface area contributed by atoms with Crippen LogP contribution in [0.1, 0.15) is 66.7 Å². The number of ether oxygens (including phenoxy) is 1. The topological polar surface area (TPSA) is 75.7 Å². The van der Waals surface area contributed by atoms with Crippen LogP contribution < -0.4 is 5.32 Å². The Kier molecular flexibility index (Phi) is 9.16. The van der Waals surface area contributed by atoms with Crippen molar-refractivity contribution in [2.45, 2.75) is 77.7 Å². The maximum Gasteiger partial charge on any atom is 0.411 e. The predicted octanol–water partition coefficient (Wildman–Crippen LogP) is 5.51. The molecule has 0 aliphatic heterocycles. The number of rotatable bonds is 9. The zero-order chi connectivity index (χ0) is 22.3. The van der Waals surface area contributed by atoms with Crippen molar-refractivity contribution in [1.82, 2.24) is 4.31 Å². The van der Waals surface area contributed by atoms with Crippen molar-refractivity contribution in [3.8, 4) is 0 Å². The first kappa shape index (κ1) is 24.7. The fourth-order valence-corrected chi connectivity index (χ4v) is 5.87. The molecule has 3 atom stereocenters. The Morgan fingerprint density at radius 3 is 2.27 bits per heavy atom. The highest BCUT2D eigenvalue weighted by Gasteiger charge is 2.33. The van der Waals surface area contributed by atoms with E-state index >= 15 is 0 Å².